The first-order valence-electron chi connectivity index (χ1n) is 7.94. The fourth-order valence-corrected chi connectivity index (χ4v) is 2.88. The Morgan fingerprint density at radius 2 is 2.17 bits per heavy atom. The summed E-state index contributed by atoms with van der Waals surface area (Å²) in [6.45, 7) is 5.87. The lowest BCUT2D eigenvalue weighted by atomic mass is 10.2. The summed E-state index contributed by atoms with van der Waals surface area (Å²) in [5, 5.41) is 7.45. The molecule has 2 rings (SSSR count). The van der Waals surface area contributed by atoms with Crippen molar-refractivity contribution in [3.05, 3.63) is 45.7 Å². The van der Waals surface area contributed by atoms with Crippen molar-refractivity contribution in [2.75, 3.05) is 13.7 Å². The second-order valence-electron chi connectivity index (χ2n) is 5.09. The number of benzene rings is 1. The summed E-state index contributed by atoms with van der Waals surface area (Å²) in [4.78, 5) is 10.1. The number of halogens is 1. The van der Waals surface area contributed by atoms with Crippen LogP contribution in [0.1, 0.15) is 29.3 Å². The highest BCUT2D eigenvalue weighted by Gasteiger charge is 2.05. The molecule has 130 valence electrons. The Morgan fingerprint density at radius 1 is 1.33 bits per heavy atom. The van der Waals surface area contributed by atoms with E-state index in [-0.39, 0.29) is 11.6 Å². The minimum Gasteiger partial charge on any atom is -0.494 e. The van der Waals surface area contributed by atoms with E-state index in [0.29, 0.717) is 19.0 Å². The molecule has 2 N–H and O–H groups in total. The molecule has 0 aliphatic rings. The fraction of sp³-hybridized carbons (Fsp3) is 0.412. The van der Waals surface area contributed by atoms with E-state index in [0.717, 1.165) is 23.5 Å². The molecule has 7 heteroatoms. The van der Waals surface area contributed by atoms with Crippen LogP contribution in [0, 0.1) is 5.82 Å². The summed E-state index contributed by atoms with van der Waals surface area (Å²) in [7, 11) is 1.45. The first kappa shape index (κ1) is 18.2. The molecular weight excluding hydrogens is 327 g/mol. The van der Waals surface area contributed by atoms with E-state index < -0.39 is 0 Å². The molecule has 1 heterocycles. The van der Waals surface area contributed by atoms with Crippen molar-refractivity contribution in [1.82, 2.24) is 15.6 Å². The molecule has 1 aromatic carbocycles. The van der Waals surface area contributed by atoms with Gasteiger partial charge in [-0.2, -0.15) is 0 Å². The number of ether oxygens (including phenoxy) is 1. The van der Waals surface area contributed by atoms with E-state index in [2.05, 4.69) is 27.5 Å². The number of thiazole rings is 1. The smallest absolute Gasteiger partial charge is 0.191 e. The van der Waals surface area contributed by atoms with Crippen molar-refractivity contribution in [3.63, 3.8) is 0 Å². The normalized spacial score (nSPS) is 11.4. The van der Waals surface area contributed by atoms with Gasteiger partial charge in [-0.15, -0.1) is 11.3 Å². The summed E-state index contributed by atoms with van der Waals surface area (Å²) in [6, 6.07) is 4.87. The summed E-state index contributed by atoms with van der Waals surface area (Å²) in [6.07, 6.45) is 2.90. The van der Waals surface area contributed by atoms with E-state index in [1.807, 2.05) is 19.2 Å². The Bertz CT molecular complexity index is 687. The zero-order valence-corrected chi connectivity index (χ0v) is 15.0. The number of hydrogen-bond donors (Lipinski definition) is 2. The quantitative estimate of drug-likeness (QED) is 0.595. The first-order valence-corrected chi connectivity index (χ1v) is 8.76. The molecule has 0 unspecified atom stereocenters. The maximum Gasteiger partial charge on any atom is 0.191 e. The minimum absolute atomic E-state index is 0.239. The summed E-state index contributed by atoms with van der Waals surface area (Å²) in [5.74, 6) is 0.545. The Hall–Kier alpha value is -2.15. The molecule has 2 aromatic rings. The predicted octanol–water partition coefficient (Wildman–Crippen LogP) is 3.11. The molecule has 0 aliphatic heterocycles. The number of methoxy groups -OCH3 is 1. The molecular formula is C17H23FN4OS. The summed E-state index contributed by atoms with van der Waals surface area (Å²) >= 11 is 1.69. The van der Waals surface area contributed by atoms with Gasteiger partial charge in [-0.3, -0.25) is 0 Å². The van der Waals surface area contributed by atoms with Crippen molar-refractivity contribution >= 4 is 17.3 Å². The van der Waals surface area contributed by atoms with Crippen LogP contribution in [0.25, 0.3) is 0 Å². The van der Waals surface area contributed by atoms with Crippen LogP contribution in [0.4, 0.5) is 4.39 Å². The van der Waals surface area contributed by atoms with Gasteiger partial charge in [0.05, 0.1) is 20.2 Å². The average Bonchev–Trinajstić information content (AvgIpc) is 3.05. The van der Waals surface area contributed by atoms with Gasteiger partial charge in [-0.1, -0.05) is 13.0 Å². The lowest BCUT2D eigenvalue weighted by Crippen LogP contribution is -2.36. The maximum absolute atomic E-state index is 13.7. The van der Waals surface area contributed by atoms with Gasteiger partial charge in [0.15, 0.2) is 17.5 Å². The number of hydrogen-bond acceptors (Lipinski definition) is 4. The number of nitrogens with one attached hydrogen (secondary N) is 2. The van der Waals surface area contributed by atoms with Crippen molar-refractivity contribution in [1.29, 1.82) is 0 Å². The van der Waals surface area contributed by atoms with Gasteiger partial charge in [-0.25, -0.2) is 14.4 Å². The van der Waals surface area contributed by atoms with Gasteiger partial charge < -0.3 is 15.4 Å². The third-order valence-electron chi connectivity index (χ3n) is 3.34. The van der Waals surface area contributed by atoms with E-state index in [1.165, 1.54) is 18.1 Å². The molecule has 24 heavy (non-hydrogen) atoms. The molecule has 0 amide bonds. The lowest BCUT2D eigenvalue weighted by molar-refractivity contribution is 0.386. The zero-order chi connectivity index (χ0) is 17.4. The van der Waals surface area contributed by atoms with Gasteiger partial charge in [0.25, 0.3) is 0 Å². The fourth-order valence-electron chi connectivity index (χ4n) is 2.07. The second-order valence-corrected chi connectivity index (χ2v) is 6.29. The second kappa shape index (κ2) is 9.22. The largest absolute Gasteiger partial charge is 0.494 e. The van der Waals surface area contributed by atoms with Crippen LogP contribution in [-0.2, 0) is 19.5 Å². The molecule has 0 saturated heterocycles. The molecule has 0 aliphatic carbocycles. The van der Waals surface area contributed by atoms with Crippen LogP contribution in [-0.4, -0.2) is 24.6 Å². The third kappa shape index (κ3) is 5.19. The highest BCUT2D eigenvalue weighted by molar-refractivity contribution is 7.11. The van der Waals surface area contributed by atoms with Crippen LogP contribution in [0.5, 0.6) is 5.75 Å². The highest BCUT2D eigenvalue weighted by Crippen LogP contribution is 2.18. The number of nitrogens with zero attached hydrogens (tertiary/aromatic N) is 2. The average molecular weight is 350 g/mol. The van der Waals surface area contributed by atoms with Crippen LogP contribution in [0.2, 0.25) is 0 Å². The Morgan fingerprint density at radius 3 is 2.79 bits per heavy atom. The molecule has 0 fully saturated rings. The van der Waals surface area contributed by atoms with Gasteiger partial charge in [0, 0.05) is 17.6 Å². The van der Waals surface area contributed by atoms with Crippen molar-refractivity contribution in [2.45, 2.75) is 33.4 Å². The van der Waals surface area contributed by atoms with Crippen molar-refractivity contribution in [3.8, 4) is 5.75 Å². The minimum atomic E-state index is -0.377. The van der Waals surface area contributed by atoms with E-state index in [1.54, 1.807) is 17.4 Å². The highest BCUT2D eigenvalue weighted by atomic mass is 32.1. The Balaban J connectivity index is 1.98. The number of guanidine groups is 1. The van der Waals surface area contributed by atoms with Crippen molar-refractivity contribution in [2.24, 2.45) is 4.99 Å². The summed E-state index contributed by atoms with van der Waals surface area (Å²) < 4.78 is 18.6. The first-order chi connectivity index (χ1) is 11.7. The van der Waals surface area contributed by atoms with Gasteiger partial charge in [0.2, 0.25) is 0 Å². The molecule has 0 spiro atoms. The monoisotopic (exact) mass is 350 g/mol. The Kier molecular flexibility index (Phi) is 6.99. The molecule has 0 saturated carbocycles. The lowest BCUT2D eigenvalue weighted by Gasteiger charge is -2.10. The standard InChI is InChI=1S/C17H23FN4OS/c1-4-13-10-20-16(24-13)11-22-17(19-5-2)21-9-12-6-7-15(23-3)14(18)8-12/h6-8,10H,4-5,9,11H2,1-3H3,(H2,19,21,22). The molecule has 1 aromatic heterocycles. The van der Waals surface area contributed by atoms with E-state index >= 15 is 0 Å². The van der Waals surface area contributed by atoms with Crippen LogP contribution < -0.4 is 15.4 Å². The number of aliphatic imine (C=N–C) groups is 1. The topological polar surface area (TPSA) is 58.5 Å². The molecule has 5 nitrogen and oxygen atoms in total. The summed E-state index contributed by atoms with van der Waals surface area (Å²) in [5.41, 5.74) is 0.785. The zero-order valence-electron chi connectivity index (χ0n) is 14.2. The van der Waals surface area contributed by atoms with Crippen LogP contribution in [0.3, 0.4) is 0 Å². The SMILES string of the molecule is CCNC(=NCc1ccc(OC)c(F)c1)NCc1ncc(CC)s1. The molecule has 0 bridgehead atoms. The van der Waals surface area contributed by atoms with Gasteiger partial charge in [-0.05, 0) is 31.0 Å². The van der Waals surface area contributed by atoms with Gasteiger partial charge >= 0.3 is 0 Å². The van der Waals surface area contributed by atoms with E-state index in [4.69, 9.17) is 4.74 Å². The molecule has 0 radical (unpaired) electrons. The number of aryl methyl sites for hydroxylation is 1. The number of rotatable bonds is 7. The maximum atomic E-state index is 13.7. The molecule has 0 atom stereocenters. The Labute approximate surface area is 146 Å². The van der Waals surface area contributed by atoms with E-state index in [9.17, 15) is 4.39 Å². The predicted molar refractivity (Wildman–Crippen MR) is 96.1 cm³/mol. The van der Waals surface area contributed by atoms with Gasteiger partial charge in [0.1, 0.15) is 5.01 Å². The third-order valence-corrected chi connectivity index (χ3v) is 4.48. The van der Waals surface area contributed by atoms with Crippen molar-refractivity contribution < 1.29 is 9.13 Å². The van der Waals surface area contributed by atoms with Crippen LogP contribution in [0.15, 0.2) is 29.4 Å². The number of aromatic nitrogens is 1. The van der Waals surface area contributed by atoms with Crippen LogP contribution >= 0.6 is 11.3 Å².